The van der Waals surface area contributed by atoms with Crippen molar-refractivity contribution in [2.45, 2.75) is 66.1 Å². The Morgan fingerprint density at radius 1 is 1.21 bits per heavy atom. The van der Waals surface area contributed by atoms with Crippen LogP contribution < -0.4 is 31.8 Å². The van der Waals surface area contributed by atoms with E-state index in [0.717, 1.165) is 32.5 Å². The molecule has 0 aliphatic carbocycles. The van der Waals surface area contributed by atoms with Crippen molar-refractivity contribution in [3.63, 3.8) is 0 Å². The van der Waals surface area contributed by atoms with Crippen LogP contribution in [-0.4, -0.2) is 48.7 Å². The fourth-order valence-electron chi connectivity index (χ4n) is 3.99. The van der Waals surface area contributed by atoms with Crippen LogP contribution in [0.4, 0.5) is 0 Å². The number of nitrogens with zero attached hydrogens (tertiary/aromatic N) is 2. The number of halogens is 1. The minimum atomic E-state index is -0.660. The van der Waals surface area contributed by atoms with E-state index in [1.807, 2.05) is 40.1 Å². The molecule has 0 unspecified atom stereocenters. The molecule has 9 heteroatoms. The molecular formula is C25H34IN4O3S-. The van der Waals surface area contributed by atoms with Gasteiger partial charge in [0.2, 0.25) is 0 Å². The number of hydrogen-bond donors (Lipinski definition) is 2. The van der Waals surface area contributed by atoms with Crippen LogP contribution in [0.1, 0.15) is 58.3 Å². The van der Waals surface area contributed by atoms with E-state index in [-0.39, 0.29) is 45.0 Å². The molecule has 1 aliphatic rings. The van der Waals surface area contributed by atoms with Crippen molar-refractivity contribution in [2.75, 3.05) is 8.98 Å². The number of nitrogens with one attached hydrogen (secondary N) is 2. The molecule has 3 atom stereocenters. The van der Waals surface area contributed by atoms with Crippen LogP contribution in [0, 0.1) is 12.3 Å². The number of thiazole rings is 1. The van der Waals surface area contributed by atoms with Crippen molar-refractivity contribution >= 4 is 29.1 Å². The zero-order valence-electron chi connectivity index (χ0n) is 20.6. The number of alkyl halides is 2. The first-order valence-electron chi connectivity index (χ1n) is 11.4. The number of amides is 3. The molecule has 0 spiro atoms. The number of carbonyl (C=O) groups excluding carboxylic acids is 3. The summed E-state index contributed by atoms with van der Waals surface area (Å²) in [7, 11) is 0. The van der Waals surface area contributed by atoms with Crippen LogP contribution in [0.2, 0.25) is 0 Å². The molecule has 1 aromatic carbocycles. The van der Waals surface area contributed by atoms with Crippen LogP contribution in [0.5, 0.6) is 0 Å². The minimum absolute atomic E-state index is 0.115. The van der Waals surface area contributed by atoms with Gasteiger partial charge in [-0.25, -0.2) is 0 Å². The number of aromatic nitrogens is 1. The topological polar surface area (TPSA) is 91.4 Å². The van der Waals surface area contributed by atoms with Gasteiger partial charge in [0.1, 0.15) is 0 Å². The molecule has 3 rings (SSSR count). The van der Waals surface area contributed by atoms with E-state index in [4.69, 9.17) is 0 Å². The van der Waals surface area contributed by atoms with Crippen molar-refractivity contribution in [1.82, 2.24) is 20.5 Å². The van der Waals surface area contributed by atoms with Crippen molar-refractivity contribution < 1.29 is 35.6 Å². The first-order chi connectivity index (χ1) is 16.0. The third-order valence-electron chi connectivity index (χ3n) is 5.94. The van der Waals surface area contributed by atoms with E-state index in [1.54, 1.807) is 16.2 Å². The molecule has 1 aromatic heterocycles. The third kappa shape index (κ3) is 6.16. The molecular weight excluding hydrogens is 563 g/mol. The number of carbonyl (C=O) groups is 3. The molecule has 34 heavy (non-hydrogen) atoms. The quantitative estimate of drug-likeness (QED) is 0.277. The number of aryl methyl sites for hydroxylation is 1. The Bertz CT molecular complexity index is 1030. The Labute approximate surface area is 216 Å². The van der Waals surface area contributed by atoms with E-state index < -0.39 is 17.5 Å². The zero-order chi connectivity index (χ0) is 25.0. The summed E-state index contributed by atoms with van der Waals surface area (Å²) in [5.74, 6) is -0.529. The van der Waals surface area contributed by atoms with Gasteiger partial charge in [0.25, 0.3) is 0 Å². The Balaban J connectivity index is 1.73. The second kappa shape index (κ2) is 11.2. The maximum absolute atomic E-state index is 13.4. The van der Waals surface area contributed by atoms with E-state index in [2.05, 4.69) is 39.9 Å². The van der Waals surface area contributed by atoms with Crippen LogP contribution >= 0.6 is 11.3 Å². The molecule has 3 amide bonds. The SMILES string of the molecule is CC[C@H](NC(=O)[C@@H]1C[I-]CN1C(=O)[C@@H](NC(C)=O)C(C)(C)C)c1ccc(-c2scnc2C)cc1. The molecule has 0 radical (unpaired) electrons. The van der Waals surface area contributed by atoms with Crippen molar-refractivity contribution in [3.8, 4) is 10.4 Å². The van der Waals surface area contributed by atoms with Crippen LogP contribution in [-0.2, 0) is 14.4 Å². The van der Waals surface area contributed by atoms with Gasteiger partial charge in [-0.3, -0.25) is 0 Å². The monoisotopic (exact) mass is 597 g/mol. The van der Waals surface area contributed by atoms with Crippen LogP contribution in [0.25, 0.3) is 10.4 Å². The summed E-state index contributed by atoms with van der Waals surface area (Å²) in [5, 5.41) is 5.98. The van der Waals surface area contributed by atoms with Crippen LogP contribution in [0.15, 0.2) is 29.8 Å². The molecule has 0 saturated carbocycles. The van der Waals surface area contributed by atoms with Gasteiger partial charge in [-0.05, 0) is 0 Å². The van der Waals surface area contributed by atoms with E-state index in [0.29, 0.717) is 4.55 Å². The summed E-state index contributed by atoms with van der Waals surface area (Å²) in [5.41, 5.74) is 4.57. The molecule has 0 bridgehead atoms. The Kier molecular flexibility index (Phi) is 8.72. The Morgan fingerprint density at radius 3 is 2.41 bits per heavy atom. The molecule has 2 aromatic rings. The summed E-state index contributed by atoms with van der Waals surface area (Å²) < 4.78 is 1.36. The van der Waals surface area contributed by atoms with Crippen molar-refractivity contribution in [2.24, 2.45) is 5.41 Å². The molecule has 1 saturated heterocycles. The molecule has 2 heterocycles. The second-order valence-electron chi connectivity index (χ2n) is 9.64. The standard InChI is InChI=1S/C25H34IN4O3S/c1-7-19(17-8-10-18(11-9-17)21-15(2)27-14-34-21)29-23(32)20-12-26-13-30(20)24(33)22(25(4,5)6)28-16(3)31/h8-11,14,19-20,22H,7,12-13H2,1-6H3,(H,28,31)(H,29,32)/q-1/t19-,20-,22+/m0/s1. The van der Waals surface area contributed by atoms with Crippen molar-refractivity contribution in [3.05, 3.63) is 41.0 Å². The first-order valence-corrected chi connectivity index (χ1v) is 15.4. The van der Waals surface area contributed by atoms with Gasteiger partial charge < -0.3 is 0 Å². The summed E-state index contributed by atoms with van der Waals surface area (Å²) in [4.78, 5) is 45.6. The zero-order valence-corrected chi connectivity index (χ0v) is 23.6. The summed E-state index contributed by atoms with van der Waals surface area (Å²) in [6, 6.07) is 6.98. The Hall–Kier alpha value is -2.01. The third-order valence-corrected chi connectivity index (χ3v) is 9.59. The van der Waals surface area contributed by atoms with Gasteiger partial charge in [0, 0.05) is 0 Å². The predicted molar refractivity (Wildman–Crippen MR) is 131 cm³/mol. The summed E-state index contributed by atoms with van der Waals surface area (Å²) in [6.07, 6.45) is 0.747. The Morgan fingerprint density at radius 2 is 1.88 bits per heavy atom. The predicted octanol–water partition coefficient (Wildman–Crippen LogP) is 0.494. The fourth-order valence-corrected chi connectivity index (χ4v) is 7.87. The molecule has 1 aliphatic heterocycles. The van der Waals surface area contributed by atoms with E-state index in [9.17, 15) is 14.4 Å². The maximum atomic E-state index is 13.4. The first kappa shape index (κ1) is 26.6. The fraction of sp³-hybridized carbons (Fsp3) is 0.520. The van der Waals surface area contributed by atoms with E-state index >= 15 is 0 Å². The number of rotatable bonds is 7. The van der Waals surface area contributed by atoms with Gasteiger partial charge in [-0.15, -0.1) is 0 Å². The molecule has 186 valence electrons. The van der Waals surface area contributed by atoms with Gasteiger partial charge in [0.15, 0.2) is 0 Å². The van der Waals surface area contributed by atoms with Gasteiger partial charge >= 0.3 is 217 Å². The van der Waals surface area contributed by atoms with Crippen LogP contribution in [0.3, 0.4) is 0 Å². The van der Waals surface area contributed by atoms with E-state index in [1.165, 1.54) is 6.92 Å². The molecule has 1 fully saturated rings. The summed E-state index contributed by atoms with van der Waals surface area (Å²) >= 11 is 1.34. The molecule has 2 N–H and O–H groups in total. The van der Waals surface area contributed by atoms with Gasteiger partial charge in [-0.1, -0.05) is 0 Å². The van der Waals surface area contributed by atoms with Gasteiger partial charge in [-0.2, -0.15) is 0 Å². The average molecular weight is 598 g/mol. The summed E-state index contributed by atoms with van der Waals surface area (Å²) in [6.45, 7) is 11.2. The number of hydrogen-bond acceptors (Lipinski definition) is 5. The average Bonchev–Trinajstić information content (AvgIpc) is 3.44. The van der Waals surface area contributed by atoms with Crippen molar-refractivity contribution in [1.29, 1.82) is 0 Å². The molecule has 7 nitrogen and oxygen atoms in total. The number of benzene rings is 1. The van der Waals surface area contributed by atoms with Gasteiger partial charge in [0.05, 0.1) is 0 Å². The normalized spacial score (nSPS) is 18.1. The second-order valence-corrected chi connectivity index (χ2v) is 13.1.